The van der Waals surface area contributed by atoms with Crippen molar-refractivity contribution in [2.75, 3.05) is 19.6 Å². The monoisotopic (exact) mass is 198 g/mol. The number of imide groups is 1. The van der Waals surface area contributed by atoms with Crippen LogP contribution in [-0.4, -0.2) is 53.4 Å². The molecule has 0 aromatic heterocycles. The van der Waals surface area contributed by atoms with Crippen molar-refractivity contribution in [1.82, 2.24) is 15.1 Å². The van der Waals surface area contributed by atoms with E-state index in [4.69, 9.17) is 5.73 Å². The summed E-state index contributed by atoms with van der Waals surface area (Å²) in [6.45, 7) is 0.921. The Balaban J connectivity index is 2.13. The minimum Gasteiger partial charge on any atom is -0.351 e. The maximum atomic E-state index is 11.2. The van der Waals surface area contributed by atoms with Crippen LogP contribution in [0.2, 0.25) is 0 Å². The van der Waals surface area contributed by atoms with Crippen molar-refractivity contribution in [3.63, 3.8) is 0 Å². The average Bonchev–Trinajstić information content (AvgIpc) is 2.42. The Labute approximate surface area is 79.8 Å². The molecule has 1 atom stereocenters. The Morgan fingerprint density at radius 1 is 1.43 bits per heavy atom. The van der Waals surface area contributed by atoms with Crippen LogP contribution in [0.4, 0.5) is 9.59 Å². The van der Waals surface area contributed by atoms with Gasteiger partial charge in [-0.1, -0.05) is 0 Å². The lowest BCUT2D eigenvalue weighted by molar-refractivity contribution is -0.122. The molecule has 3 N–H and O–H groups in total. The molecule has 76 valence electrons. The zero-order valence-electron chi connectivity index (χ0n) is 7.40. The fourth-order valence-corrected chi connectivity index (χ4v) is 1.71. The number of hydrogen-bond acceptors (Lipinski definition) is 3. The number of urea groups is 2. The van der Waals surface area contributed by atoms with Gasteiger partial charge in [-0.25, -0.2) is 9.59 Å². The smallest absolute Gasteiger partial charge is 0.324 e. The molecule has 0 aromatic carbocycles. The van der Waals surface area contributed by atoms with E-state index in [1.54, 1.807) is 0 Å². The van der Waals surface area contributed by atoms with Crippen molar-refractivity contribution in [3.05, 3.63) is 0 Å². The maximum absolute atomic E-state index is 11.2. The molecular formula is C7H10N4O3. The zero-order valence-corrected chi connectivity index (χ0v) is 7.40. The predicted octanol–water partition coefficient (Wildman–Crippen LogP) is -1.70. The van der Waals surface area contributed by atoms with Gasteiger partial charge in [-0.05, 0) is 0 Å². The number of carbonyl (C=O) groups excluding carboxylic acids is 3. The molecule has 2 saturated heterocycles. The summed E-state index contributed by atoms with van der Waals surface area (Å²) in [6.07, 6.45) is 0. The molecule has 0 radical (unpaired) electrons. The Kier molecular flexibility index (Phi) is 1.80. The molecule has 7 nitrogen and oxygen atoms in total. The summed E-state index contributed by atoms with van der Waals surface area (Å²) in [5.41, 5.74) is 5.08. The van der Waals surface area contributed by atoms with Gasteiger partial charge in [0.15, 0.2) is 0 Å². The Morgan fingerprint density at radius 3 is 2.79 bits per heavy atom. The second kappa shape index (κ2) is 2.86. The number of amides is 5. The van der Waals surface area contributed by atoms with Crippen molar-refractivity contribution in [1.29, 1.82) is 0 Å². The summed E-state index contributed by atoms with van der Waals surface area (Å²) >= 11 is 0. The summed E-state index contributed by atoms with van der Waals surface area (Å²) in [4.78, 5) is 36.0. The molecule has 5 amide bonds. The molecule has 0 bridgehead atoms. The third kappa shape index (κ3) is 1.17. The van der Waals surface area contributed by atoms with Crippen LogP contribution in [0.3, 0.4) is 0 Å². The quantitative estimate of drug-likeness (QED) is 0.454. The molecule has 0 aromatic rings. The summed E-state index contributed by atoms with van der Waals surface area (Å²) in [5.74, 6) is -0.360. The van der Waals surface area contributed by atoms with Crippen LogP contribution in [0.25, 0.3) is 0 Å². The third-order valence-corrected chi connectivity index (χ3v) is 2.49. The van der Waals surface area contributed by atoms with Crippen LogP contribution < -0.4 is 11.1 Å². The number of fused-ring (bicyclic) bond motifs is 1. The van der Waals surface area contributed by atoms with Gasteiger partial charge in [-0.3, -0.25) is 10.1 Å². The van der Waals surface area contributed by atoms with Gasteiger partial charge in [-0.15, -0.1) is 0 Å². The first-order valence-electron chi connectivity index (χ1n) is 4.25. The second-order valence-corrected chi connectivity index (χ2v) is 3.29. The van der Waals surface area contributed by atoms with Crippen molar-refractivity contribution < 1.29 is 14.4 Å². The first-order chi connectivity index (χ1) is 6.59. The van der Waals surface area contributed by atoms with E-state index in [-0.39, 0.29) is 18.5 Å². The van der Waals surface area contributed by atoms with Gasteiger partial charge in [-0.2, -0.15) is 0 Å². The van der Waals surface area contributed by atoms with E-state index in [1.807, 2.05) is 0 Å². The number of carbonyl (C=O) groups is 3. The van der Waals surface area contributed by atoms with Gasteiger partial charge in [0.25, 0.3) is 5.91 Å². The van der Waals surface area contributed by atoms with Crippen LogP contribution in [0.5, 0.6) is 0 Å². The topological polar surface area (TPSA) is 95.7 Å². The molecule has 2 heterocycles. The summed E-state index contributed by atoms with van der Waals surface area (Å²) in [6, 6.07) is -1.51. The van der Waals surface area contributed by atoms with Crippen molar-refractivity contribution in [2.45, 2.75) is 6.04 Å². The molecule has 2 aliphatic heterocycles. The average molecular weight is 198 g/mol. The molecule has 2 aliphatic rings. The molecule has 2 rings (SSSR count). The predicted molar refractivity (Wildman–Crippen MR) is 45.2 cm³/mol. The van der Waals surface area contributed by atoms with E-state index in [0.29, 0.717) is 13.1 Å². The molecule has 2 fully saturated rings. The molecule has 0 saturated carbocycles. The zero-order chi connectivity index (χ0) is 10.3. The lowest BCUT2D eigenvalue weighted by Crippen LogP contribution is -2.55. The Morgan fingerprint density at radius 2 is 2.14 bits per heavy atom. The number of nitrogens with two attached hydrogens (primary N) is 1. The minimum atomic E-state index is -0.566. The van der Waals surface area contributed by atoms with E-state index in [9.17, 15) is 14.4 Å². The van der Waals surface area contributed by atoms with Crippen molar-refractivity contribution >= 4 is 18.0 Å². The number of rotatable bonds is 0. The molecule has 0 spiro atoms. The van der Waals surface area contributed by atoms with Crippen molar-refractivity contribution in [2.24, 2.45) is 5.73 Å². The Hall–Kier alpha value is -1.79. The van der Waals surface area contributed by atoms with Crippen LogP contribution in [0.1, 0.15) is 0 Å². The van der Waals surface area contributed by atoms with Gasteiger partial charge in [0.1, 0.15) is 6.04 Å². The first kappa shape index (κ1) is 8.79. The highest BCUT2D eigenvalue weighted by Gasteiger charge is 2.42. The molecule has 14 heavy (non-hydrogen) atoms. The molecule has 1 unspecified atom stereocenters. The summed E-state index contributed by atoms with van der Waals surface area (Å²) in [7, 11) is 0. The van der Waals surface area contributed by atoms with Gasteiger partial charge >= 0.3 is 12.1 Å². The van der Waals surface area contributed by atoms with E-state index >= 15 is 0 Å². The van der Waals surface area contributed by atoms with Gasteiger partial charge < -0.3 is 15.5 Å². The van der Waals surface area contributed by atoms with Gasteiger partial charge in [0, 0.05) is 13.1 Å². The Bertz CT molecular complexity index is 316. The number of nitrogens with zero attached hydrogens (tertiary/aromatic N) is 2. The maximum Gasteiger partial charge on any atom is 0.324 e. The van der Waals surface area contributed by atoms with Crippen LogP contribution in [0, 0.1) is 0 Å². The van der Waals surface area contributed by atoms with Crippen molar-refractivity contribution in [3.8, 4) is 0 Å². The van der Waals surface area contributed by atoms with E-state index in [2.05, 4.69) is 5.32 Å². The summed E-state index contributed by atoms with van der Waals surface area (Å²) < 4.78 is 0. The number of hydrogen-bond donors (Lipinski definition) is 2. The van der Waals surface area contributed by atoms with E-state index in [0.717, 1.165) is 0 Å². The molecular weight excluding hydrogens is 188 g/mol. The first-order valence-corrected chi connectivity index (χ1v) is 4.25. The van der Waals surface area contributed by atoms with Gasteiger partial charge in [0.05, 0.1) is 6.54 Å². The van der Waals surface area contributed by atoms with E-state index in [1.165, 1.54) is 9.80 Å². The largest absolute Gasteiger partial charge is 0.351 e. The van der Waals surface area contributed by atoms with Crippen LogP contribution in [-0.2, 0) is 4.79 Å². The lowest BCUT2D eigenvalue weighted by atomic mass is 10.2. The van der Waals surface area contributed by atoms with Gasteiger partial charge in [0.2, 0.25) is 0 Å². The fraction of sp³-hybridized carbons (Fsp3) is 0.571. The standard InChI is InChI=1S/C7H10N4O3/c8-6(13)10-1-2-11-4(3-10)5(12)9-7(11)14/h4H,1-3H2,(H2,8,13)(H,9,12,14). The highest BCUT2D eigenvalue weighted by molar-refractivity contribution is 6.04. The van der Waals surface area contributed by atoms with Crippen LogP contribution in [0.15, 0.2) is 0 Å². The number of primary amides is 1. The molecule has 7 heteroatoms. The molecule has 0 aliphatic carbocycles. The SMILES string of the molecule is NC(=O)N1CCN2C(=O)NC(=O)C2C1. The highest BCUT2D eigenvalue weighted by atomic mass is 16.2. The van der Waals surface area contributed by atoms with Crippen LogP contribution >= 0.6 is 0 Å². The minimum absolute atomic E-state index is 0.187. The third-order valence-electron chi connectivity index (χ3n) is 2.49. The van der Waals surface area contributed by atoms with E-state index < -0.39 is 12.1 Å². The highest BCUT2D eigenvalue weighted by Crippen LogP contribution is 2.14. The number of piperazine rings is 1. The lowest BCUT2D eigenvalue weighted by Gasteiger charge is -2.34. The second-order valence-electron chi connectivity index (χ2n) is 3.29. The number of nitrogens with one attached hydrogen (secondary N) is 1. The normalized spacial score (nSPS) is 26.1. The fourth-order valence-electron chi connectivity index (χ4n) is 1.71. The summed E-state index contributed by atoms with van der Waals surface area (Å²) in [5, 5.41) is 2.19.